The van der Waals surface area contributed by atoms with Gasteiger partial charge in [0, 0.05) is 6.92 Å². The van der Waals surface area contributed by atoms with E-state index in [0.29, 0.717) is 0 Å². The monoisotopic (exact) mass is 370 g/mol. The highest BCUT2D eigenvalue weighted by atomic mass is 19.1. The molecular weight excluding hydrogens is 354 g/mol. The molecule has 0 fully saturated rings. The average Bonchev–Trinajstić information content (AvgIpc) is 2.63. The number of nitrogens with zero attached hydrogens (tertiary/aromatic N) is 1. The Hall–Kier alpha value is -3.01. The summed E-state index contributed by atoms with van der Waals surface area (Å²) in [5.41, 5.74) is -1.47. The fraction of sp³-hybridized carbons (Fsp3) is 0.312. The van der Waals surface area contributed by atoms with Gasteiger partial charge >= 0.3 is 11.9 Å². The van der Waals surface area contributed by atoms with Crippen molar-refractivity contribution in [2.45, 2.75) is 6.92 Å². The van der Waals surface area contributed by atoms with Crippen molar-refractivity contribution in [2.75, 3.05) is 37.8 Å². The van der Waals surface area contributed by atoms with Gasteiger partial charge in [-0.3, -0.25) is 4.79 Å². The molecule has 0 saturated carbocycles. The Balaban J connectivity index is 2.63. The minimum atomic E-state index is -1.14. The summed E-state index contributed by atoms with van der Waals surface area (Å²) in [5.74, 6) is -4.63. The number of carbonyl (C=O) groups is 3. The van der Waals surface area contributed by atoms with E-state index in [4.69, 9.17) is 4.74 Å². The number of carbonyl (C=O) groups excluding carboxylic acids is 3. The fourth-order valence-electron chi connectivity index (χ4n) is 2.37. The van der Waals surface area contributed by atoms with Crippen molar-refractivity contribution in [3.63, 3.8) is 0 Å². The molecule has 0 spiro atoms. The van der Waals surface area contributed by atoms with Crippen LogP contribution in [-0.2, 0) is 28.6 Å². The van der Waals surface area contributed by atoms with Gasteiger partial charge in [0.05, 0.1) is 32.1 Å². The van der Waals surface area contributed by atoms with Crippen molar-refractivity contribution in [1.82, 2.24) is 0 Å². The first-order valence-corrected chi connectivity index (χ1v) is 7.32. The molecule has 0 atom stereocenters. The van der Waals surface area contributed by atoms with E-state index < -0.39 is 35.2 Å². The van der Waals surface area contributed by atoms with E-state index in [1.165, 1.54) is 0 Å². The number of ether oxygens (including phenoxy) is 3. The van der Waals surface area contributed by atoms with Crippen molar-refractivity contribution in [2.24, 2.45) is 0 Å². The van der Waals surface area contributed by atoms with Crippen molar-refractivity contribution >= 4 is 29.2 Å². The number of nitrogens with one attached hydrogen (secondary N) is 1. The van der Waals surface area contributed by atoms with Crippen LogP contribution in [0.25, 0.3) is 0 Å². The van der Waals surface area contributed by atoms with Gasteiger partial charge in [-0.1, -0.05) is 0 Å². The zero-order chi connectivity index (χ0) is 19.4. The first-order valence-electron chi connectivity index (χ1n) is 7.32. The normalized spacial score (nSPS) is 14.1. The summed E-state index contributed by atoms with van der Waals surface area (Å²) in [5, 5.41) is 2.04. The highest BCUT2D eigenvalue weighted by Gasteiger charge is 2.34. The zero-order valence-electron chi connectivity index (χ0n) is 14.2. The summed E-state index contributed by atoms with van der Waals surface area (Å²) in [6.07, 6.45) is 0. The first-order chi connectivity index (χ1) is 12.3. The molecule has 1 amide bonds. The maximum absolute atomic E-state index is 14.8. The number of hydrogen-bond donors (Lipinski definition) is 1. The molecule has 1 aliphatic heterocycles. The van der Waals surface area contributed by atoms with E-state index in [1.807, 2.05) is 5.32 Å². The van der Waals surface area contributed by atoms with Crippen LogP contribution < -0.4 is 10.2 Å². The molecule has 1 heterocycles. The van der Waals surface area contributed by atoms with Crippen LogP contribution in [0.1, 0.15) is 6.92 Å². The van der Waals surface area contributed by atoms with Crippen LogP contribution in [0.4, 0.5) is 20.2 Å². The van der Waals surface area contributed by atoms with Gasteiger partial charge in [-0.15, -0.1) is 0 Å². The van der Waals surface area contributed by atoms with E-state index in [-0.39, 0.29) is 30.3 Å². The van der Waals surface area contributed by atoms with Crippen LogP contribution >= 0.6 is 0 Å². The number of rotatable bonds is 4. The second-order valence-electron chi connectivity index (χ2n) is 5.15. The summed E-state index contributed by atoms with van der Waals surface area (Å²) >= 11 is 0. The molecule has 1 aliphatic rings. The highest BCUT2D eigenvalue weighted by molar-refractivity contribution is 6.03. The summed E-state index contributed by atoms with van der Waals surface area (Å²) < 4.78 is 43.1. The number of anilines is 2. The van der Waals surface area contributed by atoms with E-state index in [1.54, 1.807) is 0 Å². The van der Waals surface area contributed by atoms with Gasteiger partial charge in [-0.2, -0.15) is 0 Å². The Morgan fingerprint density at radius 3 is 2.38 bits per heavy atom. The Bertz CT molecular complexity index is 793. The molecule has 0 aliphatic carbocycles. The SMILES string of the molecule is COC(=O)C1=C(C(=O)OC)N(c2ccc(F)c(NC(C)=O)c2F)COC1. The van der Waals surface area contributed by atoms with Gasteiger partial charge in [0.15, 0.2) is 5.82 Å². The molecule has 140 valence electrons. The molecule has 8 nitrogen and oxygen atoms in total. The Kier molecular flexibility index (Phi) is 5.88. The van der Waals surface area contributed by atoms with Gasteiger partial charge in [0.25, 0.3) is 0 Å². The Morgan fingerprint density at radius 1 is 1.15 bits per heavy atom. The molecule has 0 unspecified atom stereocenters. The molecule has 0 saturated heterocycles. The molecule has 2 rings (SSSR count). The second kappa shape index (κ2) is 7.91. The average molecular weight is 370 g/mol. The van der Waals surface area contributed by atoms with E-state index in [9.17, 15) is 23.2 Å². The summed E-state index contributed by atoms with van der Waals surface area (Å²) in [6.45, 7) is 0.521. The number of amides is 1. The van der Waals surface area contributed by atoms with Crippen LogP contribution in [0.2, 0.25) is 0 Å². The van der Waals surface area contributed by atoms with E-state index in [2.05, 4.69) is 9.47 Å². The molecule has 0 bridgehead atoms. The van der Waals surface area contributed by atoms with Crippen LogP contribution in [0.5, 0.6) is 0 Å². The number of benzene rings is 1. The van der Waals surface area contributed by atoms with Crippen LogP contribution in [-0.4, -0.2) is 45.4 Å². The maximum atomic E-state index is 14.8. The lowest BCUT2D eigenvalue weighted by Gasteiger charge is -2.31. The first kappa shape index (κ1) is 19.3. The Labute approximate surface area is 147 Å². The highest BCUT2D eigenvalue weighted by Crippen LogP contribution is 2.33. The fourth-order valence-corrected chi connectivity index (χ4v) is 2.37. The van der Waals surface area contributed by atoms with Crippen LogP contribution in [0.3, 0.4) is 0 Å². The molecule has 10 heteroatoms. The molecule has 1 N–H and O–H groups in total. The quantitative estimate of drug-likeness (QED) is 0.799. The second-order valence-corrected chi connectivity index (χ2v) is 5.15. The molecule has 0 aromatic heterocycles. The molecule has 26 heavy (non-hydrogen) atoms. The van der Waals surface area contributed by atoms with Gasteiger partial charge in [0.1, 0.15) is 23.9 Å². The number of esters is 2. The standard InChI is InChI=1S/C16H16F2N2O6/c1-8(21)19-13-10(17)4-5-11(12(13)18)20-7-26-6-9(15(22)24-2)14(20)16(23)25-3/h4-5H,6-7H2,1-3H3,(H,19,21). The molecular formula is C16H16F2N2O6. The third kappa shape index (κ3) is 3.64. The van der Waals surface area contributed by atoms with Gasteiger partial charge < -0.3 is 24.4 Å². The number of halogens is 2. The summed E-state index contributed by atoms with van der Waals surface area (Å²) in [4.78, 5) is 36.3. The van der Waals surface area contributed by atoms with E-state index >= 15 is 0 Å². The minimum Gasteiger partial charge on any atom is -0.466 e. The minimum absolute atomic E-state index is 0.185. The maximum Gasteiger partial charge on any atom is 0.355 e. The van der Waals surface area contributed by atoms with Crippen molar-refractivity contribution < 1.29 is 37.4 Å². The number of hydrogen-bond acceptors (Lipinski definition) is 7. The third-order valence-electron chi connectivity index (χ3n) is 3.50. The largest absolute Gasteiger partial charge is 0.466 e. The van der Waals surface area contributed by atoms with E-state index in [0.717, 1.165) is 38.2 Å². The predicted octanol–water partition coefficient (Wildman–Crippen LogP) is 1.32. The summed E-state index contributed by atoms with van der Waals surface area (Å²) in [7, 11) is 2.19. The van der Waals surface area contributed by atoms with Gasteiger partial charge in [-0.25, -0.2) is 18.4 Å². The van der Waals surface area contributed by atoms with Crippen LogP contribution in [0.15, 0.2) is 23.4 Å². The summed E-state index contributed by atoms with van der Waals surface area (Å²) in [6, 6.07) is 1.95. The smallest absolute Gasteiger partial charge is 0.355 e. The van der Waals surface area contributed by atoms with Crippen molar-refractivity contribution in [3.05, 3.63) is 35.0 Å². The van der Waals surface area contributed by atoms with Crippen molar-refractivity contribution in [3.8, 4) is 0 Å². The predicted molar refractivity (Wildman–Crippen MR) is 85.0 cm³/mol. The van der Waals surface area contributed by atoms with Crippen molar-refractivity contribution in [1.29, 1.82) is 0 Å². The third-order valence-corrected chi connectivity index (χ3v) is 3.50. The molecule has 1 aromatic rings. The lowest BCUT2D eigenvalue weighted by atomic mass is 10.1. The lowest BCUT2D eigenvalue weighted by molar-refractivity contribution is -0.140. The lowest BCUT2D eigenvalue weighted by Crippen LogP contribution is -2.39. The molecule has 0 radical (unpaired) electrons. The van der Waals surface area contributed by atoms with Gasteiger partial charge in [-0.05, 0) is 12.1 Å². The molecule has 1 aromatic carbocycles. The topological polar surface area (TPSA) is 94.2 Å². The van der Waals surface area contributed by atoms with Gasteiger partial charge in [0.2, 0.25) is 5.91 Å². The Morgan fingerprint density at radius 2 is 1.81 bits per heavy atom. The van der Waals surface area contributed by atoms with Crippen LogP contribution in [0, 0.1) is 11.6 Å². The number of methoxy groups -OCH3 is 2. The zero-order valence-corrected chi connectivity index (χ0v) is 14.2.